The van der Waals surface area contributed by atoms with Crippen molar-refractivity contribution in [2.75, 3.05) is 14.2 Å². The lowest BCUT2D eigenvalue weighted by atomic mass is 10.3. The second-order valence-corrected chi connectivity index (χ2v) is 2.29. The summed E-state index contributed by atoms with van der Waals surface area (Å²) in [6, 6.07) is 2.08. The Balaban J connectivity index is 3.31. The number of hydrogen-bond donors (Lipinski definition) is 0. The minimum absolute atomic E-state index is 0.176. The quantitative estimate of drug-likeness (QED) is 0.667. The molecule has 0 aromatic carbocycles. The Morgan fingerprint density at radius 1 is 1.23 bits per heavy atom. The van der Waals surface area contributed by atoms with E-state index in [1.165, 1.54) is 14.2 Å². The SMILES string of the molecule is COc1nc(C)c(OC)c(C#N)n1. The molecule has 0 saturated heterocycles. The molecular weight excluding hydrogens is 170 g/mol. The van der Waals surface area contributed by atoms with Crippen molar-refractivity contribution >= 4 is 0 Å². The lowest BCUT2D eigenvalue weighted by molar-refractivity contribution is 0.365. The van der Waals surface area contributed by atoms with Crippen LogP contribution in [0.3, 0.4) is 0 Å². The number of nitriles is 1. The highest BCUT2D eigenvalue weighted by atomic mass is 16.5. The number of ether oxygens (including phenoxy) is 2. The molecule has 13 heavy (non-hydrogen) atoms. The lowest BCUT2D eigenvalue weighted by Gasteiger charge is -2.06. The fourth-order valence-corrected chi connectivity index (χ4v) is 0.948. The van der Waals surface area contributed by atoms with E-state index in [-0.39, 0.29) is 11.7 Å². The summed E-state index contributed by atoms with van der Waals surface area (Å²) in [5.74, 6) is 0.392. The second kappa shape index (κ2) is 3.72. The Morgan fingerprint density at radius 2 is 1.92 bits per heavy atom. The van der Waals surface area contributed by atoms with Gasteiger partial charge >= 0.3 is 6.01 Å². The van der Waals surface area contributed by atoms with Crippen molar-refractivity contribution in [3.8, 4) is 17.8 Å². The van der Waals surface area contributed by atoms with Crippen LogP contribution >= 0.6 is 0 Å². The molecule has 0 radical (unpaired) electrons. The molecule has 0 spiro atoms. The number of methoxy groups -OCH3 is 2. The maximum absolute atomic E-state index is 8.72. The molecule has 0 aliphatic rings. The van der Waals surface area contributed by atoms with Gasteiger partial charge in [0.25, 0.3) is 0 Å². The molecule has 0 atom stereocenters. The van der Waals surface area contributed by atoms with Crippen LogP contribution in [-0.4, -0.2) is 24.2 Å². The standard InChI is InChI=1S/C8H9N3O2/c1-5-7(12-2)6(4-9)11-8(10-5)13-3/h1-3H3. The van der Waals surface area contributed by atoms with Gasteiger partial charge in [-0.1, -0.05) is 0 Å². The molecule has 0 unspecified atom stereocenters. The van der Waals surface area contributed by atoms with E-state index in [1.54, 1.807) is 6.92 Å². The molecule has 1 aromatic rings. The zero-order chi connectivity index (χ0) is 9.84. The molecule has 1 aromatic heterocycles. The third-order valence-electron chi connectivity index (χ3n) is 1.51. The molecule has 0 amide bonds. The summed E-state index contributed by atoms with van der Waals surface area (Å²) in [5.41, 5.74) is 0.776. The van der Waals surface area contributed by atoms with E-state index in [0.717, 1.165) is 0 Å². The van der Waals surface area contributed by atoms with Gasteiger partial charge in [0.15, 0.2) is 11.4 Å². The van der Waals surface area contributed by atoms with E-state index >= 15 is 0 Å². The first-order valence-corrected chi connectivity index (χ1v) is 3.59. The van der Waals surface area contributed by atoms with Crippen molar-refractivity contribution < 1.29 is 9.47 Å². The maximum atomic E-state index is 8.72. The first kappa shape index (κ1) is 9.26. The van der Waals surface area contributed by atoms with Crippen molar-refractivity contribution in [3.63, 3.8) is 0 Å². The molecule has 68 valence electrons. The van der Waals surface area contributed by atoms with E-state index in [4.69, 9.17) is 14.7 Å². The summed E-state index contributed by atoms with van der Waals surface area (Å²) in [4.78, 5) is 7.78. The Kier molecular flexibility index (Phi) is 2.65. The molecule has 0 fully saturated rings. The van der Waals surface area contributed by atoms with Crippen molar-refractivity contribution in [2.24, 2.45) is 0 Å². The first-order chi connectivity index (χ1) is 6.22. The smallest absolute Gasteiger partial charge is 0.317 e. The van der Waals surface area contributed by atoms with Crippen molar-refractivity contribution in [2.45, 2.75) is 6.92 Å². The van der Waals surface area contributed by atoms with Gasteiger partial charge in [0, 0.05) is 0 Å². The maximum Gasteiger partial charge on any atom is 0.317 e. The van der Waals surface area contributed by atoms with Gasteiger partial charge in [-0.2, -0.15) is 15.2 Å². The lowest BCUT2D eigenvalue weighted by Crippen LogP contribution is -2.01. The fourth-order valence-electron chi connectivity index (χ4n) is 0.948. The van der Waals surface area contributed by atoms with Crippen LogP contribution < -0.4 is 9.47 Å². The first-order valence-electron chi connectivity index (χ1n) is 3.59. The van der Waals surface area contributed by atoms with Crippen LogP contribution in [0, 0.1) is 18.3 Å². The third-order valence-corrected chi connectivity index (χ3v) is 1.51. The van der Waals surface area contributed by atoms with Crippen LogP contribution in [0.5, 0.6) is 11.8 Å². The Labute approximate surface area is 76.0 Å². The molecule has 1 rings (SSSR count). The van der Waals surface area contributed by atoms with Crippen LogP contribution in [-0.2, 0) is 0 Å². The number of hydrogen-bond acceptors (Lipinski definition) is 5. The summed E-state index contributed by atoms with van der Waals surface area (Å²) >= 11 is 0. The van der Waals surface area contributed by atoms with Gasteiger partial charge in [0.1, 0.15) is 6.07 Å². The van der Waals surface area contributed by atoms with Gasteiger partial charge in [0.05, 0.1) is 19.9 Å². The van der Waals surface area contributed by atoms with E-state index < -0.39 is 0 Å². The fraction of sp³-hybridized carbons (Fsp3) is 0.375. The van der Waals surface area contributed by atoms with E-state index in [1.807, 2.05) is 6.07 Å². The van der Waals surface area contributed by atoms with Crippen LogP contribution in [0.4, 0.5) is 0 Å². The van der Waals surface area contributed by atoms with E-state index in [9.17, 15) is 0 Å². The molecule has 5 nitrogen and oxygen atoms in total. The highest BCUT2D eigenvalue weighted by Crippen LogP contribution is 2.21. The molecule has 0 aliphatic heterocycles. The van der Waals surface area contributed by atoms with Crippen molar-refractivity contribution in [1.29, 1.82) is 5.26 Å². The van der Waals surface area contributed by atoms with E-state index in [2.05, 4.69) is 9.97 Å². The number of nitrogens with zero attached hydrogens (tertiary/aromatic N) is 3. The summed E-state index contributed by atoms with van der Waals surface area (Å²) in [7, 11) is 2.92. The predicted molar refractivity (Wildman–Crippen MR) is 44.6 cm³/mol. The summed E-state index contributed by atoms with van der Waals surface area (Å²) in [6.45, 7) is 1.73. The summed E-state index contributed by atoms with van der Waals surface area (Å²) in [5, 5.41) is 8.72. The third kappa shape index (κ3) is 1.67. The van der Waals surface area contributed by atoms with Gasteiger partial charge in [-0.25, -0.2) is 0 Å². The average Bonchev–Trinajstić information content (AvgIpc) is 2.16. The topological polar surface area (TPSA) is 68.0 Å². The predicted octanol–water partition coefficient (Wildman–Crippen LogP) is 0.674. The van der Waals surface area contributed by atoms with Crippen LogP contribution in [0.15, 0.2) is 0 Å². The van der Waals surface area contributed by atoms with Gasteiger partial charge in [-0.05, 0) is 6.92 Å². The number of aryl methyl sites for hydroxylation is 1. The zero-order valence-electron chi connectivity index (χ0n) is 7.66. The highest BCUT2D eigenvalue weighted by Gasteiger charge is 2.11. The Hall–Kier alpha value is -1.83. The number of aromatic nitrogens is 2. The molecule has 0 saturated carbocycles. The molecule has 1 heterocycles. The van der Waals surface area contributed by atoms with E-state index in [0.29, 0.717) is 11.4 Å². The normalized spacial score (nSPS) is 9.08. The minimum Gasteiger partial charge on any atom is -0.492 e. The van der Waals surface area contributed by atoms with Crippen LogP contribution in [0.25, 0.3) is 0 Å². The monoisotopic (exact) mass is 179 g/mol. The van der Waals surface area contributed by atoms with Gasteiger partial charge in [-0.3, -0.25) is 0 Å². The summed E-state index contributed by atoms with van der Waals surface area (Å²) < 4.78 is 9.77. The Bertz CT molecular complexity index is 357. The van der Waals surface area contributed by atoms with Crippen LogP contribution in [0.2, 0.25) is 0 Å². The summed E-state index contributed by atoms with van der Waals surface area (Å²) in [6.07, 6.45) is 0. The minimum atomic E-state index is 0.176. The molecular formula is C8H9N3O2. The van der Waals surface area contributed by atoms with Crippen molar-refractivity contribution in [3.05, 3.63) is 11.4 Å². The largest absolute Gasteiger partial charge is 0.492 e. The zero-order valence-corrected chi connectivity index (χ0v) is 7.66. The highest BCUT2D eigenvalue weighted by molar-refractivity contribution is 5.41. The van der Waals surface area contributed by atoms with Crippen LogP contribution in [0.1, 0.15) is 11.4 Å². The Morgan fingerprint density at radius 3 is 2.38 bits per heavy atom. The molecule has 0 bridgehead atoms. The van der Waals surface area contributed by atoms with Gasteiger partial charge in [-0.15, -0.1) is 0 Å². The molecule has 0 aliphatic carbocycles. The molecule has 5 heteroatoms. The average molecular weight is 179 g/mol. The second-order valence-electron chi connectivity index (χ2n) is 2.29. The van der Waals surface area contributed by atoms with Crippen molar-refractivity contribution in [1.82, 2.24) is 9.97 Å². The van der Waals surface area contributed by atoms with Gasteiger partial charge < -0.3 is 9.47 Å². The van der Waals surface area contributed by atoms with Gasteiger partial charge in [0.2, 0.25) is 0 Å². The molecule has 0 N–H and O–H groups in total. The number of rotatable bonds is 2.